The van der Waals surface area contributed by atoms with Gasteiger partial charge < -0.3 is 14.2 Å². The topological polar surface area (TPSA) is 78.9 Å². The van der Waals surface area contributed by atoms with E-state index in [9.17, 15) is 14.4 Å². The van der Waals surface area contributed by atoms with Crippen LogP contribution in [0.4, 0.5) is 0 Å². The van der Waals surface area contributed by atoms with E-state index in [1.54, 1.807) is 0 Å². The van der Waals surface area contributed by atoms with E-state index < -0.39 is 6.10 Å². The minimum atomic E-state index is -0.779. The summed E-state index contributed by atoms with van der Waals surface area (Å²) in [5, 5.41) is 0. The number of hydrogen-bond donors (Lipinski definition) is 0. The minimum absolute atomic E-state index is 0.0754. The number of carbonyl (C=O) groups is 3. The smallest absolute Gasteiger partial charge is 0.306 e. The van der Waals surface area contributed by atoms with Crippen molar-refractivity contribution in [2.45, 2.75) is 329 Å². The summed E-state index contributed by atoms with van der Waals surface area (Å²) in [6, 6.07) is 0. The standard InChI is InChI=1S/C68H120O6/c1-4-7-10-13-16-19-22-25-27-29-31-32-33-34-35-36-37-39-40-43-46-49-52-55-58-61-67(70)73-64-65(63-72-66(69)60-57-54-51-48-45-42-24-21-18-15-12-9-6-3)74-68(71)62-59-56-53-50-47-44-41-38-30-28-26-23-20-17-14-11-8-5-2/h7,10,16,19-20,23,25,27-28,30-32,65H,4-6,8-9,11-15,17-18,21-22,24,26,29,33-64H2,1-3H3/b10-7-,19-16-,23-20-,27-25-,30-28-,32-31-. The molecule has 0 saturated heterocycles. The van der Waals surface area contributed by atoms with Gasteiger partial charge in [-0.25, -0.2) is 0 Å². The molecule has 0 aliphatic rings. The van der Waals surface area contributed by atoms with Crippen molar-refractivity contribution in [2.75, 3.05) is 13.2 Å². The number of unbranched alkanes of at least 4 members (excludes halogenated alkanes) is 35. The van der Waals surface area contributed by atoms with Gasteiger partial charge in [0.15, 0.2) is 6.10 Å². The first kappa shape index (κ1) is 70.8. The predicted octanol–water partition coefficient (Wildman–Crippen LogP) is 21.7. The molecule has 0 aliphatic heterocycles. The molecule has 0 aliphatic carbocycles. The molecule has 0 N–H and O–H groups in total. The van der Waals surface area contributed by atoms with Gasteiger partial charge in [-0.1, -0.05) is 286 Å². The van der Waals surface area contributed by atoms with Crippen LogP contribution >= 0.6 is 0 Å². The van der Waals surface area contributed by atoms with E-state index in [0.29, 0.717) is 19.3 Å². The SMILES string of the molecule is CC/C=C\C/C=C\C/C=C\C/C=C\CCCCCCCCCCCCCCC(=O)OCC(COC(=O)CCCCCCCCCCCCCCC)OC(=O)CCCCCCCCC/C=C\C/C=C\CCCCCC. The highest BCUT2D eigenvalue weighted by molar-refractivity contribution is 5.71. The molecule has 1 unspecified atom stereocenters. The van der Waals surface area contributed by atoms with Crippen LogP contribution in [-0.4, -0.2) is 37.2 Å². The fraction of sp³-hybridized carbons (Fsp3) is 0.779. The van der Waals surface area contributed by atoms with Crippen molar-refractivity contribution in [3.63, 3.8) is 0 Å². The Hall–Kier alpha value is -3.15. The minimum Gasteiger partial charge on any atom is -0.462 e. The maximum Gasteiger partial charge on any atom is 0.306 e. The molecule has 1 atom stereocenters. The van der Waals surface area contributed by atoms with Gasteiger partial charge in [0.2, 0.25) is 0 Å². The quantitative estimate of drug-likeness (QED) is 0.0261. The van der Waals surface area contributed by atoms with E-state index in [1.165, 1.54) is 186 Å². The average molecular weight is 1030 g/mol. The summed E-state index contributed by atoms with van der Waals surface area (Å²) in [5.41, 5.74) is 0. The Morgan fingerprint density at radius 3 is 0.838 bits per heavy atom. The van der Waals surface area contributed by atoms with Crippen molar-refractivity contribution < 1.29 is 28.6 Å². The fourth-order valence-corrected chi connectivity index (χ4v) is 9.17. The van der Waals surface area contributed by atoms with Gasteiger partial charge in [0.1, 0.15) is 13.2 Å². The molecule has 0 bridgehead atoms. The summed E-state index contributed by atoms with van der Waals surface area (Å²) in [6.45, 7) is 6.54. The van der Waals surface area contributed by atoms with Gasteiger partial charge in [-0.3, -0.25) is 14.4 Å². The van der Waals surface area contributed by atoms with Crippen molar-refractivity contribution in [1.82, 2.24) is 0 Å². The molecule has 6 heteroatoms. The summed E-state index contributed by atoms with van der Waals surface area (Å²) < 4.78 is 16.9. The molecule has 74 heavy (non-hydrogen) atoms. The zero-order valence-electron chi connectivity index (χ0n) is 49.1. The van der Waals surface area contributed by atoms with Crippen LogP contribution in [0.2, 0.25) is 0 Å². The number of esters is 3. The van der Waals surface area contributed by atoms with E-state index in [1.807, 2.05) is 0 Å². The number of carbonyl (C=O) groups excluding carboxylic acids is 3. The number of ether oxygens (including phenoxy) is 3. The molecule has 0 amide bonds. The monoisotopic (exact) mass is 1030 g/mol. The van der Waals surface area contributed by atoms with Gasteiger partial charge in [0, 0.05) is 19.3 Å². The Balaban J connectivity index is 4.30. The Labute approximate surface area is 459 Å². The first-order valence-corrected chi connectivity index (χ1v) is 31.9. The van der Waals surface area contributed by atoms with E-state index in [2.05, 4.69) is 93.7 Å². The normalized spacial score (nSPS) is 12.5. The summed E-state index contributed by atoms with van der Waals surface area (Å²) in [4.78, 5) is 38.3. The highest BCUT2D eigenvalue weighted by Gasteiger charge is 2.19. The van der Waals surface area contributed by atoms with E-state index >= 15 is 0 Å². The van der Waals surface area contributed by atoms with E-state index in [4.69, 9.17) is 14.2 Å². The second-order valence-electron chi connectivity index (χ2n) is 21.3. The first-order chi connectivity index (χ1) is 36.5. The molecular weight excluding hydrogens is 913 g/mol. The van der Waals surface area contributed by atoms with Crippen LogP contribution in [0.3, 0.4) is 0 Å². The third-order valence-corrected chi connectivity index (χ3v) is 13.9. The molecule has 0 aromatic carbocycles. The van der Waals surface area contributed by atoms with Crippen LogP contribution in [0.5, 0.6) is 0 Å². The molecule has 6 nitrogen and oxygen atoms in total. The largest absolute Gasteiger partial charge is 0.462 e. The molecule has 0 heterocycles. The predicted molar refractivity (Wildman–Crippen MR) is 321 cm³/mol. The second kappa shape index (κ2) is 62.4. The molecule has 0 rings (SSSR count). The molecule has 0 saturated carbocycles. The van der Waals surface area contributed by atoms with Gasteiger partial charge in [-0.2, -0.15) is 0 Å². The Kier molecular flexibility index (Phi) is 59.7. The van der Waals surface area contributed by atoms with E-state index in [-0.39, 0.29) is 31.1 Å². The molecule has 0 radical (unpaired) electrons. The summed E-state index contributed by atoms with van der Waals surface area (Å²) >= 11 is 0. The zero-order chi connectivity index (χ0) is 53.6. The van der Waals surface area contributed by atoms with Crippen LogP contribution in [0.15, 0.2) is 72.9 Å². The molecular formula is C68H120O6. The number of allylic oxidation sites excluding steroid dienone is 12. The number of rotatable bonds is 58. The van der Waals surface area contributed by atoms with Crippen LogP contribution in [-0.2, 0) is 28.6 Å². The van der Waals surface area contributed by atoms with Gasteiger partial charge in [-0.15, -0.1) is 0 Å². The molecule has 428 valence electrons. The first-order valence-electron chi connectivity index (χ1n) is 31.9. The summed E-state index contributed by atoms with van der Waals surface area (Å²) in [5.74, 6) is -0.869. The lowest BCUT2D eigenvalue weighted by molar-refractivity contribution is -0.167. The second-order valence-corrected chi connectivity index (χ2v) is 21.3. The van der Waals surface area contributed by atoms with Crippen LogP contribution < -0.4 is 0 Å². The molecule has 0 aromatic heterocycles. The molecule has 0 fully saturated rings. The lowest BCUT2D eigenvalue weighted by Crippen LogP contribution is -2.30. The van der Waals surface area contributed by atoms with Crippen molar-refractivity contribution in [3.05, 3.63) is 72.9 Å². The fourth-order valence-electron chi connectivity index (χ4n) is 9.17. The van der Waals surface area contributed by atoms with Crippen molar-refractivity contribution >= 4 is 17.9 Å². The van der Waals surface area contributed by atoms with Crippen LogP contribution in [0, 0.1) is 0 Å². The maximum absolute atomic E-state index is 12.9. The van der Waals surface area contributed by atoms with Crippen molar-refractivity contribution in [1.29, 1.82) is 0 Å². The third-order valence-electron chi connectivity index (χ3n) is 13.9. The van der Waals surface area contributed by atoms with Crippen LogP contribution in [0.25, 0.3) is 0 Å². The van der Waals surface area contributed by atoms with E-state index in [0.717, 1.165) is 96.3 Å². The average Bonchev–Trinajstić information content (AvgIpc) is 3.40. The maximum atomic E-state index is 12.9. The van der Waals surface area contributed by atoms with Crippen molar-refractivity contribution in [2.24, 2.45) is 0 Å². The Morgan fingerprint density at radius 2 is 0.527 bits per heavy atom. The van der Waals surface area contributed by atoms with Gasteiger partial charge >= 0.3 is 17.9 Å². The van der Waals surface area contributed by atoms with Gasteiger partial charge in [0.05, 0.1) is 0 Å². The molecule has 0 spiro atoms. The van der Waals surface area contributed by atoms with Gasteiger partial charge in [0.25, 0.3) is 0 Å². The Bertz CT molecular complexity index is 1370. The summed E-state index contributed by atoms with van der Waals surface area (Å²) in [6.07, 6.45) is 80.4. The third kappa shape index (κ3) is 59.7. The highest BCUT2D eigenvalue weighted by Crippen LogP contribution is 2.17. The molecule has 0 aromatic rings. The highest BCUT2D eigenvalue weighted by atomic mass is 16.6. The lowest BCUT2D eigenvalue weighted by atomic mass is 10.0. The summed E-state index contributed by atoms with van der Waals surface area (Å²) in [7, 11) is 0. The number of hydrogen-bond acceptors (Lipinski definition) is 6. The zero-order valence-corrected chi connectivity index (χ0v) is 49.1. The Morgan fingerprint density at radius 1 is 0.284 bits per heavy atom. The van der Waals surface area contributed by atoms with Gasteiger partial charge in [-0.05, 0) is 89.9 Å². The lowest BCUT2D eigenvalue weighted by Gasteiger charge is -2.18. The van der Waals surface area contributed by atoms with Crippen molar-refractivity contribution in [3.8, 4) is 0 Å². The van der Waals surface area contributed by atoms with Crippen LogP contribution in [0.1, 0.15) is 323 Å².